The second kappa shape index (κ2) is 5.73. The second-order valence-electron chi connectivity index (χ2n) is 3.27. The molecule has 1 aromatic carbocycles. The molecule has 0 N–H and O–H groups in total. The van der Waals surface area contributed by atoms with Crippen molar-refractivity contribution in [1.82, 2.24) is 0 Å². The van der Waals surface area contributed by atoms with Gasteiger partial charge in [0.25, 0.3) is 0 Å². The van der Waals surface area contributed by atoms with Gasteiger partial charge in [-0.15, -0.1) is 0 Å². The Bertz CT molecular complexity index is 538. The fraction of sp³-hybridized carbons (Fsp3) is 0.167. The molecule has 96 valence electrons. The Balaban J connectivity index is 3.27. The van der Waals surface area contributed by atoms with Crippen molar-refractivity contribution in [3.63, 3.8) is 0 Å². The lowest BCUT2D eigenvalue weighted by atomic mass is 10.0. The van der Waals surface area contributed by atoms with Crippen LogP contribution in [-0.4, -0.2) is 18.9 Å². The first-order valence-electron chi connectivity index (χ1n) is 4.86. The molecule has 0 aliphatic carbocycles. The smallest absolute Gasteiger partial charge is 0.341 e. The van der Waals surface area contributed by atoms with Gasteiger partial charge in [-0.3, -0.25) is 4.79 Å². The van der Waals surface area contributed by atoms with E-state index in [2.05, 4.69) is 4.74 Å². The third-order valence-electron chi connectivity index (χ3n) is 2.19. The molecule has 0 saturated carbocycles. The SMILES string of the molecule is CC=C(C(=O)OC)C(=O)c1cc(F)c(F)cc1Cl. The van der Waals surface area contributed by atoms with Gasteiger partial charge in [-0.05, 0) is 19.1 Å². The van der Waals surface area contributed by atoms with Crippen molar-refractivity contribution in [3.8, 4) is 0 Å². The zero-order chi connectivity index (χ0) is 13.9. The van der Waals surface area contributed by atoms with Gasteiger partial charge in [0.1, 0.15) is 5.57 Å². The van der Waals surface area contributed by atoms with Gasteiger partial charge in [-0.25, -0.2) is 13.6 Å². The lowest BCUT2D eigenvalue weighted by molar-refractivity contribution is -0.135. The Morgan fingerprint density at radius 2 is 1.83 bits per heavy atom. The number of rotatable bonds is 3. The van der Waals surface area contributed by atoms with Crippen molar-refractivity contribution in [1.29, 1.82) is 0 Å². The summed E-state index contributed by atoms with van der Waals surface area (Å²) in [5, 5.41) is -0.276. The van der Waals surface area contributed by atoms with Crippen molar-refractivity contribution < 1.29 is 23.1 Å². The van der Waals surface area contributed by atoms with E-state index in [9.17, 15) is 18.4 Å². The van der Waals surface area contributed by atoms with Gasteiger partial charge < -0.3 is 4.74 Å². The Labute approximate surface area is 107 Å². The van der Waals surface area contributed by atoms with Gasteiger partial charge in [0, 0.05) is 5.56 Å². The Morgan fingerprint density at radius 1 is 1.28 bits per heavy atom. The number of benzene rings is 1. The first kappa shape index (κ1) is 14.3. The quantitative estimate of drug-likeness (QED) is 0.213. The van der Waals surface area contributed by atoms with E-state index in [4.69, 9.17) is 11.6 Å². The second-order valence-corrected chi connectivity index (χ2v) is 3.68. The fourth-order valence-electron chi connectivity index (χ4n) is 1.29. The van der Waals surface area contributed by atoms with Crippen LogP contribution in [0.15, 0.2) is 23.8 Å². The topological polar surface area (TPSA) is 43.4 Å². The lowest BCUT2D eigenvalue weighted by Gasteiger charge is -2.06. The molecular formula is C12H9ClF2O3. The summed E-state index contributed by atoms with van der Waals surface area (Å²) in [4.78, 5) is 23.2. The van der Waals surface area contributed by atoms with Crippen LogP contribution in [-0.2, 0) is 9.53 Å². The van der Waals surface area contributed by atoms with Gasteiger partial charge in [0.15, 0.2) is 11.6 Å². The lowest BCUT2D eigenvalue weighted by Crippen LogP contribution is -2.15. The van der Waals surface area contributed by atoms with Crippen molar-refractivity contribution >= 4 is 23.4 Å². The standard InChI is InChI=1S/C12H9ClF2O3/c1-3-6(12(17)18-2)11(16)7-4-9(14)10(15)5-8(7)13/h3-5H,1-2H3. The highest BCUT2D eigenvalue weighted by Crippen LogP contribution is 2.23. The molecule has 0 heterocycles. The largest absolute Gasteiger partial charge is 0.465 e. The van der Waals surface area contributed by atoms with Crippen LogP contribution in [0.25, 0.3) is 0 Å². The van der Waals surface area contributed by atoms with E-state index in [1.54, 1.807) is 0 Å². The van der Waals surface area contributed by atoms with Crippen LogP contribution in [0, 0.1) is 11.6 Å². The summed E-state index contributed by atoms with van der Waals surface area (Å²) in [6, 6.07) is 1.32. The fourth-order valence-corrected chi connectivity index (χ4v) is 1.53. The maximum Gasteiger partial charge on any atom is 0.341 e. The molecular weight excluding hydrogens is 266 g/mol. The molecule has 0 fully saturated rings. The number of ketones is 1. The van der Waals surface area contributed by atoms with E-state index < -0.39 is 23.4 Å². The Kier molecular flexibility index (Phi) is 4.55. The molecule has 6 heteroatoms. The number of allylic oxidation sites excluding steroid dienone is 1. The van der Waals surface area contributed by atoms with Gasteiger partial charge in [0.2, 0.25) is 5.78 Å². The average molecular weight is 275 g/mol. The molecule has 0 bridgehead atoms. The maximum absolute atomic E-state index is 13.0. The number of methoxy groups -OCH3 is 1. The van der Waals surface area contributed by atoms with E-state index in [1.807, 2.05) is 0 Å². The first-order valence-corrected chi connectivity index (χ1v) is 5.24. The molecule has 1 aromatic rings. The van der Waals surface area contributed by atoms with Crippen LogP contribution in [0.5, 0.6) is 0 Å². The van der Waals surface area contributed by atoms with Crippen LogP contribution in [0.4, 0.5) is 8.78 Å². The minimum atomic E-state index is -1.22. The van der Waals surface area contributed by atoms with Gasteiger partial charge >= 0.3 is 5.97 Å². The number of hydrogen-bond acceptors (Lipinski definition) is 3. The van der Waals surface area contributed by atoms with Crippen molar-refractivity contribution in [2.45, 2.75) is 6.92 Å². The van der Waals surface area contributed by atoms with E-state index >= 15 is 0 Å². The van der Waals surface area contributed by atoms with Crippen LogP contribution in [0.1, 0.15) is 17.3 Å². The van der Waals surface area contributed by atoms with Crippen molar-refractivity contribution in [2.24, 2.45) is 0 Å². The minimum Gasteiger partial charge on any atom is -0.465 e. The number of hydrogen-bond donors (Lipinski definition) is 0. The van der Waals surface area contributed by atoms with Crippen LogP contribution < -0.4 is 0 Å². The molecule has 0 atom stereocenters. The molecule has 0 saturated heterocycles. The third kappa shape index (κ3) is 2.73. The number of carbonyl (C=O) groups excluding carboxylic acids is 2. The summed E-state index contributed by atoms with van der Waals surface area (Å²) in [7, 11) is 1.10. The molecule has 0 radical (unpaired) electrons. The van der Waals surface area contributed by atoms with Gasteiger partial charge in [-0.1, -0.05) is 17.7 Å². The van der Waals surface area contributed by atoms with Crippen molar-refractivity contribution in [2.75, 3.05) is 7.11 Å². The number of Topliss-reactive ketones (excluding diaryl/α,β-unsaturated/α-hetero) is 1. The molecule has 0 aromatic heterocycles. The molecule has 18 heavy (non-hydrogen) atoms. The molecule has 0 aliphatic heterocycles. The van der Waals surface area contributed by atoms with E-state index in [0.29, 0.717) is 12.1 Å². The van der Waals surface area contributed by atoms with E-state index in [1.165, 1.54) is 13.0 Å². The van der Waals surface area contributed by atoms with Gasteiger partial charge in [-0.2, -0.15) is 0 Å². The number of ether oxygens (including phenoxy) is 1. The molecule has 1 rings (SSSR count). The Morgan fingerprint density at radius 3 is 2.33 bits per heavy atom. The third-order valence-corrected chi connectivity index (χ3v) is 2.51. The summed E-state index contributed by atoms with van der Waals surface area (Å²) < 4.78 is 30.3. The predicted molar refractivity (Wildman–Crippen MR) is 61.5 cm³/mol. The number of carbonyl (C=O) groups is 2. The summed E-state index contributed by atoms with van der Waals surface area (Å²) in [5.74, 6) is -4.09. The van der Waals surface area contributed by atoms with Gasteiger partial charge in [0.05, 0.1) is 12.1 Å². The van der Waals surface area contributed by atoms with Crippen molar-refractivity contribution in [3.05, 3.63) is 46.0 Å². The summed E-state index contributed by atoms with van der Waals surface area (Å²) in [6.45, 7) is 1.44. The monoisotopic (exact) mass is 274 g/mol. The van der Waals surface area contributed by atoms with E-state index in [-0.39, 0.29) is 16.2 Å². The summed E-state index contributed by atoms with van der Waals surface area (Å²) in [6.07, 6.45) is 1.21. The molecule has 0 unspecified atom stereocenters. The highest BCUT2D eigenvalue weighted by Gasteiger charge is 2.23. The molecule has 0 amide bonds. The van der Waals surface area contributed by atoms with E-state index in [0.717, 1.165) is 7.11 Å². The molecule has 0 aliphatic rings. The number of halogens is 3. The Hall–Kier alpha value is -1.75. The predicted octanol–water partition coefficient (Wildman–Crippen LogP) is 2.92. The minimum absolute atomic E-state index is 0.276. The maximum atomic E-state index is 13.0. The highest BCUT2D eigenvalue weighted by atomic mass is 35.5. The summed E-state index contributed by atoms with van der Waals surface area (Å²) >= 11 is 5.64. The van der Waals surface area contributed by atoms with Crippen LogP contribution in [0.3, 0.4) is 0 Å². The molecule has 0 spiro atoms. The normalized spacial score (nSPS) is 11.3. The summed E-state index contributed by atoms with van der Waals surface area (Å²) in [5.41, 5.74) is -0.598. The number of esters is 1. The first-order chi connectivity index (χ1) is 8.42. The average Bonchev–Trinajstić information content (AvgIpc) is 2.34. The zero-order valence-electron chi connectivity index (χ0n) is 9.59. The zero-order valence-corrected chi connectivity index (χ0v) is 10.3. The highest BCUT2D eigenvalue weighted by molar-refractivity contribution is 6.36. The molecule has 3 nitrogen and oxygen atoms in total. The van der Waals surface area contributed by atoms with Crippen LogP contribution in [0.2, 0.25) is 5.02 Å². The van der Waals surface area contributed by atoms with Crippen LogP contribution >= 0.6 is 11.6 Å².